The maximum Gasteiger partial charge on any atom is 0.264 e. The zero-order valence-electron chi connectivity index (χ0n) is 17.2. The molecule has 2 aromatic carbocycles. The minimum Gasteiger partial charge on any atom is -0.496 e. The van der Waals surface area contributed by atoms with Crippen molar-refractivity contribution >= 4 is 11.6 Å². The van der Waals surface area contributed by atoms with Gasteiger partial charge in [-0.2, -0.15) is 0 Å². The van der Waals surface area contributed by atoms with Gasteiger partial charge in [-0.3, -0.25) is 4.79 Å². The first-order valence-corrected chi connectivity index (χ1v) is 9.56. The normalized spacial score (nSPS) is 17.5. The molecule has 0 bridgehead atoms. The van der Waals surface area contributed by atoms with Crippen molar-refractivity contribution in [3.63, 3.8) is 0 Å². The highest BCUT2D eigenvalue weighted by Gasteiger charge is 2.31. The second-order valence-corrected chi connectivity index (χ2v) is 8.14. The summed E-state index contributed by atoms with van der Waals surface area (Å²) in [5.74, 6) is 0.555. The molecule has 0 radical (unpaired) electrons. The van der Waals surface area contributed by atoms with E-state index < -0.39 is 6.10 Å². The van der Waals surface area contributed by atoms with Crippen LogP contribution in [0.5, 0.6) is 5.75 Å². The Bertz CT molecular complexity index is 866. The first-order valence-electron chi connectivity index (χ1n) is 9.56. The van der Waals surface area contributed by atoms with Crippen LogP contribution in [0.2, 0.25) is 0 Å². The minimum atomic E-state index is -0.629. The number of nitrogens with zero attached hydrogens (tertiary/aromatic N) is 1. The standard InChI is InChI=1S/C23H28N2O3/c1-15(16-10-12-17(13-11-16)23(2,3)4)24-22(26)21-14-19(25-28-21)18-8-6-7-9-20(18)27-5/h6-13,15,21H,14H2,1-5H3,(H,24,26). The van der Waals surface area contributed by atoms with E-state index in [-0.39, 0.29) is 17.4 Å². The third-order valence-electron chi connectivity index (χ3n) is 5.01. The quantitative estimate of drug-likeness (QED) is 0.838. The van der Waals surface area contributed by atoms with Crippen LogP contribution >= 0.6 is 0 Å². The first kappa shape index (κ1) is 19.9. The van der Waals surface area contributed by atoms with E-state index in [0.29, 0.717) is 6.42 Å². The number of carbonyl (C=O) groups excluding carboxylic acids is 1. The third kappa shape index (κ3) is 4.35. The minimum absolute atomic E-state index is 0.106. The fraction of sp³-hybridized carbons (Fsp3) is 0.391. The summed E-state index contributed by atoms with van der Waals surface area (Å²) in [5.41, 5.74) is 4.01. The van der Waals surface area contributed by atoms with Gasteiger partial charge in [-0.05, 0) is 35.6 Å². The van der Waals surface area contributed by atoms with Crippen LogP contribution in [0.3, 0.4) is 0 Å². The summed E-state index contributed by atoms with van der Waals surface area (Å²) in [6.45, 7) is 8.53. The Morgan fingerprint density at radius 3 is 2.50 bits per heavy atom. The molecule has 1 amide bonds. The lowest BCUT2D eigenvalue weighted by molar-refractivity contribution is -0.131. The highest BCUT2D eigenvalue weighted by Crippen LogP contribution is 2.26. The van der Waals surface area contributed by atoms with Gasteiger partial charge in [-0.25, -0.2) is 0 Å². The van der Waals surface area contributed by atoms with E-state index in [4.69, 9.17) is 9.57 Å². The van der Waals surface area contributed by atoms with E-state index in [2.05, 4.69) is 55.5 Å². The number of rotatable bonds is 5. The Labute approximate surface area is 166 Å². The van der Waals surface area contributed by atoms with Crippen LogP contribution in [-0.2, 0) is 15.0 Å². The molecule has 0 saturated heterocycles. The van der Waals surface area contributed by atoms with E-state index in [0.717, 1.165) is 22.6 Å². The summed E-state index contributed by atoms with van der Waals surface area (Å²) < 4.78 is 5.37. The third-order valence-corrected chi connectivity index (χ3v) is 5.01. The molecule has 1 aliphatic rings. The topological polar surface area (TPSA) is 59.9 Å². The fourth-order valence-electron chi connectivity index (χ4n) is 3.22. The lowest BCUT2D eigenvalue weighted by Gasteiger charge is -2.21. The molecule has 1 aliphatic heterocycles. The van der Waals surface area contributed by atoms with Gasteiger partial charge in [0.1, 0.15) is 5.75 Å². The molecule has 2 aromatic rings. The Balaban J connectivity index is 1.61. The molecule has 2 unspecified atom stereocenters. The number of methoxy groups -OCH3 is 1. The number of hydrogen-bond acceptors (Lipinski definition) is 4. The number of ether oxygens (including phenoxy) is 1. The van der Waals surface area contributed by atoms with Crippen LogP contribution in [0, 0.1) is 0 Å². The van der Waals surface area contributed by atoms with Gasteiger partial charge in [0.05, 0.1) is 18.9 Å². The largest absolute Gasteiger partial charge is 0.496 e. The number of amides is 1. The summed E-state index contributed by atoms with van der Waals surface area (Å²) in [7, 11) is 1.62. The van der Waals surface area contributed by atoms with E-state index in [1.807, 2.05) is 31.2 Å². The summed E-state index contributed by atoms with van der Waals surface area (Å²) in [4.78, 5) is 18.0. The molecule has 2 atom stereocenters. The van der Waals surface area contributed by atoms with Crippen molar-refractivity contribution in [1.82, 2.24) is 5.32 Å². The number of carbonyl (C=O) groups is 1. The van der Waals surface area contributed by atoms with E-state index in [1.165, 1.54) is 5.56 Å². The van der Waals surface area contributed by atoms with Gasteiger partial charge in [0, 0.05) is 12.0 Å². The zero-order chi connectivity index (χ0) is 20.3. The van der Waals surface area contributed by atoms with E-state index in [1.54, 1.807) is 7.11 Å². The van der Waals surface area contributed by atoms with Crippen LogP contribution in [0.1, 0.15) is 56.8 Å². The summed E-state index contributed by atoms with van der Waals surface area (Å²) in [6, 6.07) is 15.9. The second kappa shape index (κ2) is 8.05. The van der Waals surface area contributed by atoms with Crippen molar-refractivity contribution in [2.45, 2.75) is 51.7 Å². The Morgan fingerprint density at radius 1 is 1.18 bits per heavy atom. The molecule has 28 heavy (non-hydrogen) atoms. The Morgan fingerprint density at radius 2 is 1.86 bits per heavy atom. The molecule has 0 aromatic heterocycles. The molecule has 5 nitrogen and oxygen atoms in total. The SMILES string of the molecule is COc1ccccc1C1=NOC(C(=O)NC(C)c2ccc(C(C)(C)C)cc2)C1. The van der Waals surface area contributed by atoms with Gasteiger partial charge in [-0.1, -0.05) is 62.3 Å². The highest BCUT2D eigenvalue weighted by atomic mass is 16.6. The summed E-state index contributed by atoms with van der Waals surface area (Å²) in [5, 5.41) is 7.14. The van der Waals surface area contributed by atoms with E-state index in [9.17, 15) is 4.79 Å². The number of para-hydroxylation sites is 1. The molecule has 5 heteroatoms. The fourth-order valence-corrected chi connectivity index (χ4v) is 3.22. The number of benzene rings is 2. The molecular formula is C23H28N2O3. The van der Waals surface area contributed by atoms with Crippen LogP contribution in [0.15, 0.2) is 53.7 Å². The smallest absolute Gasteiger partial charge is 0.264 e. The predicted molar refractivity (Wildman–Crippen MR) is 111 cm³/mol. The lowest BCUT2D eigenvalue weighted by Crippen LogP contribution is -2.36. The van der Waals surface area contributed by atoms with Crippen molar-refractivity contribution in [3.8, 4) is 5.75 Å². The molecule has 0 aliphatic carbocycles. The summed E-state index contributed by atoms with van der Waals surface area (Å²) >= 11 is 0. The number of nitrogens with one attached hydrogen (secondary N) is 1. The molecule has 0 saturated carbocycles. The summed E-state index contributed by atoms with van der Waals surface area (Å²) in [6.07, 6.45) is -0.210. The van der Waals surface area contributed by atoms with Crippen LogP contribution in [0.25, 0.3) is 0 Å². The van der Waals surface area contributed by atoms with Gasteiger partial charge in [0.2, 0.25) is 6.10 Å². The first-order chi connectivity index (χ1) is 13.3. The monoisotopic (exact) mass is 380 g/mol. The zero-order valence-corrected chi connectivity index (χ0v) is 17.2. The molecule has 0 fully saturated rings. The second-order valence-electron chi connectivity index (χ2n) is 8.14. The lowest BCUT2D eigenvalue weighted by atomic mass is 9.86. The van der Waals surface area contributed by atoms with Crippen molar-refractivity contribution < 1.29 is 14.4 Å². The predicted octanol–water partition coefficient (Wildman–Crippen LogP) is 4.36. The van der Waals surface area contributed by atoms with Gasteiger partial charge < -0.3 is 14.9 Å². The van der Waals surface area contributed by atoms with Crippen LogP contribution < -0.4 is 10.1 Å². The van der Waals surface area contributed by atoms with E-state index >= 15 is 0 Å². The molecular weight excluding hydrogens is 352 g/mol. The Kier molecular flexibility index (Phi) is 5.73. The van der Waals surface area contributed by atoms with Crippen molar-refractivity contribution in [1.29, 1.82) is 0 Å². The maximum atomic E-state index is 12.6. The molecule has 148 valence electrons. The van der Waals surface area contributed by atoms with Gasteiger partial charge in [0.15, 0.2) is 0 Å². The maximum absolute atomic E-state index is 12.6. The Hall–Kier alpha value is -2.82. The molecule has 0 spiro atoms. The molecule has 3 rings (SSSR count). The van der Waals surface area contributed by atoms with Crippen molar-refractivity contribution in [2.24, 2.45) is 5.16 Å². The molecule has 1 N–H and O–H groups in total. The average Bonchev–Trinajstić information content (AvgIpc) is 3.17. The van der Waals surface area contributed by atoms with Gasteiger partial charge in [-0.15, -0.1) is 0 Å². The average molecular weight is 380 g/mol. The highest BCUT2D eigenvalue weighted by molar-refractivity contribution is 6.05. The van der Waals surface area contributed by atoms with Crippen molar-refractivity contribution in [2.75, 3.05) is 7.11 Å². The van der Waals surface area contributed by atoms with Crippen molar-refractivity contribution in [3.05, 3.63) is 65.2 Å². The van der Waals surface area contributed by atoms with Crippen LogP contribution in [-0.4, -0.2) is 24.8 Å². The van der Waals surface area contributed by atoms with Gasteiger partial charge >= 0.3 is 0 Å². The number of hydrogen-bond donors (Lipinski definition) is 1. The van der Waals surface area contributed by atoms with Crippen LogP contribution in [0.4, 0.5) is 0 Å². The number of oxime groups is 1. The molecule has 1 heterocycles. The van der Waals surface area contributed by atoms with Gasteiger partial charge in [0.25, 0.3) is 5.91 Å².